The smallest absolute Gasteiger partial charge is 0.134 e. The summed E-state index contributed by atoms with van der Waals surface area (Å²) in [7, 11) is 0. The minimum atomic E-state index is 0.950. The third kappa shape index (κ3) is 1.55. The maximum atomic E-state index is 5.71. The van der Waals surface area contributed by atoms with Gasteiger partial charge in [0.05, 0.1) is 0 Å². The van der Waals surface area contributed by atoms with E-state index in [1.807, 2.05) is 13.0 Å². The van der Waals surface area contributed by atoms with Crippen molar-refractivity contribution in [2.24, 2.45) is 0 Å². The van der Waals surface area contributed by atoms with Crippen LogP contribution in [0.3, 0.4) is 0 Å². The molecular weight excluding hydrogens is 198 g/mol. The van der Waals surface area contributed by atoms with Gasteiger partial charge in [-0.2, -0.15) is 0 Å². The van der Waals surface area contributed by atoms with E-state index < -0.39 is 0 Å². The molecule has 0 aliphatic carbocycles. The summed E-state index contributed by atoms with van der Waals surface area (Å²) in [5.41, 5.74) is 4.08. The van der Waals surface area contributed by atoms with Crippen LogP contribution in [0.1, 0.15) is 16.9 Å². The van der Waals surface area contributed by atoms with E-state index in [1.54, 1.807) is 0 Å². The molecular formula is C14H15NO. The molecule has 82 valence electrons. The Morgan fingerprint density at radius 3 is 2.94 bits per heavy atom. The van der Waals surface area contributed by atoms with Crippen LogP contribution >= 0.6 is 0 Å². The van der Waals surface area contributed by atoms with E-state index in [2.05, 4.69) is 29.6 Å². The van der Waals surface area contributed by atoms with Crippen molar-refractivity contribution in [3.05, 3.63) is 47.2 Å². The molecule has 1 aliphatic heterocycles. The standard InChI is InChI=1S/C14H15NO/c1-10-5-6-14(16-10)12-4-2-3-11-7-8-15-9-13(11)12/h2-6,15H,7-9H2,1H3. The van der Waals surface area contributed by atoms with Gasteiger partial charge < -0.3 is 9.73 Å². The van der Waals surface area contributed by atoms with Crippen molar-refractivity contribution < 1.29 is 4.42 Å². The first-order valence-corrected chi connectivity index (χ1v) is 5.73. The van der Waals surface area contributed by atoms with Gasteiger partial charge in [0.1, 0.15) is 11.5 Å². The van der Waals surface area contributed by atoms with Crippen molar-refractivity contribution in [2.45, 2.75) is 19.9 Å². The summed E-state index contributed by atoms with van der Waals surface area (Å²) in [6, 6.07) is 10.6. The van der Waals surface area contributed by atoms with Gasteiger partial charge in [0, 0.05) is 12.1 Å². The number of hydrogen-bond acceptors (Lipinski definition) is 2. The quantitative estimate of drug-likeness (QED) is 0.788. The molecule has 2 heterocycles. The Bertz CT molecular complexity index is 513. The zero-order chi connectivity index (χ0) is 11.0. The lowest BCUT2D eigenvalue weighted by Gasteiger charge is -2.19. The van der Waals surface area contributed by atoms with E-state index >= 15 is 0 Å². The van der Waals surface area contributed by atoms with E-state index in [0.717, 1.165) is 31.0 Å². The average Bonchev–Trinajstić information content (AvgIpc) is 2.75. The lowest BCUT2D eigenvalue weighted by atomic mass is 9.95. The predicted octanol–water partition coefficient (Wildman–Crippen LogP) is 2.90. The van der Waals surface area contributed by atoms with Crippen molar-refractivity contribution in [1.29, 1.82) is 0 Å². The Morgan fingerprint density at radius 2 is 2.12 bits per heavy atom. The Labute approximate surface area is 95.3 Å². The van der Waals surface area contributed by atoms with Crippen LogP contribution in [-0.4, -0.2) is 6.54 Å². The van der Waals surface area contributed by atoms with Crippen LogP contribution in [-0.2, 0) is 13.0 Å². The summed E-state index contributed by atoms with van der Waals surface area (Å²) < 4.78 is 5.71. The molecule has 0 spiro atoms. The third-order valence-corrected chi connectivity index (χ3v) is 3.15. The maximum absolute atomic E-state index is 5.71. The molecule has 0 radical (unpaired) electrons. The molecule has 2 heteroatoms. The van der Waals surface area contributed by atoms with Crippen molar-refractivity contribution in [3.8, 4) is 11.3 Å². The predicted molar refractivity (Wildman–Crippen MR) is 64.3 cm³/mol. The van der Waals surface area contributed by atoms with E-state index in [4.69, 9.17) is 4.42 Å². The molecule has 0 fully saturated rings. The zero-order valence-corrected chi connectivity index (χ0v) is 9.42. The van der Waals surface area contributed by atoms with Crippen molar-refractivity contribution in [1.82, 2.24) is 5.32 Å². The lowest BCUT2D eigenvalue weighted by molar-refractivity contribution is 0.546. The largest absolute Gasteiger partial charge is 0.461 e. The molecule has 0 amide bonds. The molecule has 0 atom stereocenters. The molecule has 0 saturated carbocycles. The highest BCUT2D eigenvalue weighted by molar-refractivity contribution is 5.64. The van der Waals surface area contributed by atoms with E-state index in [9.17, 15) is 0 Å². The molecule has 2 aromatic rings. The number of benzene rings is 1. The molecule has 16 heavy (non-hydrogen) atoms. The van der Waals surface area contributed by atoms with Crippen molar-refractivity contribution in [3.63, 3.8) is 0 Å². The molecule has 3 rings (SSSR count). The van der Waals surface area contributed by atoms with Gasteiger partial charge in [-0.05, 0) is 43.1 Å². The zero-order valence-electron chi connectivity index (χ0n) is 9.42. The fourth-order valence-electron chi connectivity index (χ4n) is 2.32. The second-order valence-corrected chi connectivity index (χ2v) is 4.28. The highest BCUT2D eigenvalue weighted by Crippen LogP contribution is 2.29. The van der Waals surface area contributed by atoms with Crippen LogP contribution in [0.5, 0.6) is 0 Å². The minimum Gasteiger partial charge on any atom is -0.461 e. The summed E-state index contributed by atoms with van der Waals surface area (Å²) in [5, 5.41) is 3.42. The van der Waals surface area contributed by atoms with Gasteiger partial charge >= 0.3 is 0 Å². The molecule has 1 aliphatic rings. The molecule has 1 aromatic heterocycles. The maximum Gasteiger partial charge on any atom is 0.134 e. The second-order valence-electron chi connectivity index (χ2n) is 4.28. The Kier molecular flexibility index (Phi) is 2.29. The van der Waals surface area contributed by atoms with Gasteiger partial charge in [-0.1, -0.05) is 18.2 Å². The molecule has 1 N–H and O–H groups in total. The van der Waals surface area contributed by atoms with Crippen LogP contribution in [0.25, 0.3) is 11.3 Å². The van der Waals surface area contributed by atoms with Crippen LogP contribution in [0.15, 0.2) is 34.7 Å². The number of hydrogen-bond donors (Lipinski definition) is 1. The fourth-order valence-corrected chi connectivity index (χ4v) is 2.32. The van der Waals surface area contributed by atoms with Gasteiger partial charge in [-0.3, -0.25) is 0 Å². The SMILES string of the molecule is Cc1ccc(-c2cccc3c2CNCC3)o1. The highest BCUT2D eigenvalue weighted by Gasteiger charge is 2.14. The minimum absolute atomic E-state index is 0.950. The van der Waals surface area contributed by atoms with Gasteiger partial charge in [0.2, 0.25) is 0 Å². The number of aryl methyl sites for hydroxylation is 1. The summed E-state index contributed by atoms with van der Waals surface area (Å²) in [6.45, 7) is 4.01. The van der Waals surface area contributed by atoms with Gasteiger partial charge in [-0.25, -0.2) is 0 Å². The average molecular weight is 213 g/mol. The number of rotatable bonds is 1. The van der Waals surface area contributed by atoms with E-state index in [0.29, 0.717) is 0 Å². The fraction of sp³-hybridized carbons (Fsp3) is 0.286. The van der Waals surface area contributed by atoms with Gasteiger partial charge in [-0.15, -0.1) is 0 Å². The van der Waals surface area contributed by atoms with Crippen LogP contribution in [0.4, 0.5) is 0 Å². The molecule has 0 saturated heterocycles. The Balaban J connectivity index is 2.13. The van der Waals surface area contributed by atoms with Crippen molar-refractivity contribution in [2.75, 3.05) is 6.54 Å². The van der Waals surface area contributed by atoms with Gasteiger partial charge in [0.25, 0.3) is 0 Å². The third-order valence-electron chi connectivity index (χ3n) is 3.15. The summed E-state index contributed by atoms with van der Waals surface area (Å²) in [5.74, 6) is 1.95. The van der Waals surface area contributed by atoms with E-state index in [1.165, 1.54) is 16.7 Å². The Hall–Kier alpha value is -1.54. The summed E-state index contributed by atoms with van der Waals surface area (Å²) in [6.07, 6.45) is 1.11. The first kappa shape index (κ1) is 9.67. The first-order valence-electron chi connectivity index (χ1n) is 5.73. The first-order chi connectivity index (χ1) is 7.84. The number of fused-ring (bicyclic) bond motifs is 1. The van der Waals surface area contributed by atoms with E-state index in [-0.39, 0.29) is 0 Å². The number of furan rings is 1. The molecule has 2 nitrogen and oxygen atoms in total. The summed E-state index contributed by atoms with van der Waals surface area (Å²) >= 11 is 0. The number of nitrogens with one attached hydrogen (secondary N) is 1. The highest BCUT2D eigenvalue weighted by atomic mass is 16.3. The van der Waals surface area contributed by atoms with Crippen LogP contribution in [0.2, 0.25) is 0 Å². The molecule has 1 aromatic carbocycles. The molecule has 0 unspecified atom stereocenters. The van der Waals surface area contributed by atoms with Crippen LogP contribution < -0.4 is 5.32 Å². The Morgan fingerprint density at radius 1 is 1.19 bits per heavy atom. The van der Waals surface area contributed by atoms with Gasteiger partial charge in [0.15, 0.2) is 0 Å². The van der Waals surface area contributed by atoms with Crippen LogP contribution in [0, 0.1) is 6.92 Å². The monoisotopic (exact) mass is 213 g/mol. The normalized spacial score (nSPS) is 14.8. The second kappa shape index (κ2) is 3.80. The lowest BCUT2D eigenvalue weighted by Crippen LogP contribution is -2.24. The topological polar surface area (TPSA) is 25.2 Å². The van der Waals surface area contributed by atoms with Crippen molar-refractivity contribution >= 4 is 0 Å². The molecule has 0 bridgehead atoms. The summed E-state index contributed by atoms with van der Waals surface area (Å²) in [4.78, 5) is 0.